The number of aromatic nitrogens is 1. The van der Waals surface area contributed by atoms with Gasteiger partial charge in [0, 0.05) is 47.2 Å². The van der Waals surface area contributed by atoms with Crippen molar-refractivity contribution in [2.24, 2.45) is 11.8 Å². The van der Waals surface area contributed by atoms with Gasteiger partial charge in [-0.3, -0.25) is 9.59 Å². The first kappa shape index (κ1) is 17.4. The summed E-state index contributed by atoms with van der Waals surface area (Å²) in [6.07, 6.45) is 4.52. The van der Waals surface area contributed by atoms with Crippen LogP contribution in [0.15, 0.2) is 24.3 Å². The zero-order valence-corrected chi connectivity index (χ0v) is 15.5. The molecular formula is C20H24ClN3O2. The van der Waals surface area contributed by atoms with Crippen molar-refractivity contribution in [3.8, 4) is 0 Å². The lowest BCUT2D eigenvalue weighted by Gasteiger charge is -2.33. The minimum absolute atomic E-state index is 0.00768. The average Bonchev–Trinajstić information content (AvgIpc) is 3.40. The number of likely N-dealkylation sites (tertiary alicyclic amines) is 1. The highest BCUT2D eigenvalue weighted by atomic mass is 35.5. The number of hydrogen-bond donors (Lipinski definition) is 2. The Kier molecular flexibility index (Phi) is 4.90. The Balaban J connectivity index is 1.28. The topological polar surface area (TPSA) is 65.2 Å². The van der Waals surface area contributed by atoms with Crippen molar-refractivity contribution >= 4 is 34.3 Å². The van der Waals surface area contributed by atoms with E-state index in [1.807, 2.05) is 29.2 Å². The number of amides is 2. The Morgan fingerprint density at radius 1 is 1.23 bits per heavy atom. The number of fused-ring (bicyclic) bond motifs is 1. The van der Waals surface area contributed by atoms with E-state index in [-0.39, 0.29) is 11.8 Å². The van der Waals surface area contributed by atoms with E-state index in [1.54, 1.807) is 0 Å². The second kappa shape index (κ2) is 7.31. The molecular weight excluding hydrogens is 350 g/mol. The summed E-state index contributed by atoms with van der Waals surface area (Å²) in [5, 5.41) is 4.74. The van der Waals surface area contributed by atoms with Gasteiger partial charge in [0.1, 0.15) is 0 Å². The molecule has 2 N–H and O–H groups in total. The van der Waals surface area contributed by atoms with Crippen LogP contribution in [0.5, 0.6) is 0 Å². The van der Waals surface area contributed by atoms with Crippen molar-refractivity contribution in [2.75, 3.05) is 19.6 Å². The van der Waals surface area contributed by atoms with Crippen molar-refractivity contribution in [1.29, 1.82) is 0 Å². The van der Waals surface area contributed by atoms with Crippen molar-refractivity contribution in [1.82, 2.24) is 15.2 Å². The fourth-order valence-corrected chi connectivity index (χ4v) is 3.95. The molecule has 1 aromatic heterocycles. The molecule has 0 spiro atoms. The van der Waals surface area contributed by atoms with Gasteiger partial charge in [-0.25, -0.2) is 0 Å². The highest BCUT2D eigenvalue weighted by Gasteiger charge is 2.35. The van der Waals surface area contributed by atoms with Crippen LogP contribution in [-0.2, 0) is 16.0 Å². The number of carbonyl (C=O) groups is 2. The van der Waals surface area contributed by atoms with E-state index in [4.69, 9.17) is 11.6 Å². The normalized spacial score (nSPS) is 20.3. The predicted octanol–water partition coefficient (Wildman–Crippen LogP) is 3.13. The molecule has 1 atom stereocenters. The molecule has 2 amide bonds. The Labute approximate surface area is 158 Å². The van der Waals surface area contributed by atoms with Crippen LogP contribution < -0.4 is 5.32 Å². The van der Waals surface area contributed by atoms with Gasteiger partial charge in [-0.1, -0.05) is 11.6 Å². The zero-order chi connectivity index (χ0) is 18.1. The quantitative estimate of drug-likeness (QED) is 0.845. The van der Waals surface area contributed by atoms with Gasteiger partial charge in [0.2, 0.25) is 11.8 Å². The predicted molar refractivity (Wildman–Crippen MR) is 102 cm³/mol. The highest BCUT2D eigenvalue weighted by molar-refractivity contribution is 6.31. The van der Waals surface area contributed by atoms with Gasteiger partial charge in [0.05, 0.1) is 6.42 Å². The van der Waals surface area contributed by atoms with Crippen LogP contribution >= 0.6 is 11.6 Å². The molecule has 1 saturated heterocycles. The van der Waals surface area contributed by atoms with Crippen molar-refractivity contribution < 1.29 is 9.59 Å². The molecule has 138 valence electrons. The molecule has 1 aliphatic heterocycles. The minimum atomic E-state index is 0.00768. The molecule has 2 fully saturated rings. The molecule has 1 saturated carbocycles. The molecule has 1 aliphatic carbocycles. The lowest BCUT2D eigenvalue weighted by atomic mass is 9.97. The largest absolute Gasteiger partial charge is 0.358 e. The molecule has 2 aliphatic rings. The number of carbonyl (C=O) groups excluding carboxylic acids is 2. The number of piperidine rings is 1. The third kappa shape index (κ3) is 4.04. The van der Waals surface area contributed by atoms with Crippen molar-refractivity contribution in [3.63, 3.8) is 0 Å². The maximum atomic E-state index is 12.3. The van der Waals surface area contributed by atoms with E-state index < -0.39 is 0 Å². The first-order valence-corrected chi connectivity index (χ1v) is 9.79. The third-order valence-corrected chi connectivity index (χ3v) is 5.57. The second-order valence-corrected chi connectivity index (χ2v) is 8.01. The maximum Gasteiger partial charge on any atom is 0.225 e. The number of H-pyrrole nitrogens is 1. The molecule has 2 aromatic rings. The molecule has 0 bridgehead atoms. The lowest BCUT2D eigenvalue weighted by molar-refractivity contribution is -0.134. The standard InChI is InChI=1S/C20H24ClN3O2/c21-16-5-6-18-15(8-16)9-17(23-18)10-19(25)22-11-13-2-1-7-24(12-13)20(26)14-3-4-14/h5-6,8-9,13-14,23H,1-4,7,10-12H2,(H,22,25). The van der Waals surface area contributed by atoms with Gasteiger partial charge in [-0.2, -0.15) is 0 Å². The summed E-state index contributed by atoms with van der Waals surface area (Å²) in [5.74, 6) is 0.960. The van der Waals surface area contributed by atoms with Gasteiger partial charge in [0.15, 0.2) is 0 Å². The van der Waals surface area contributed by atoms with Crippen molar-refractivity contribution in [2.45, 2.75) is 32.1 Å². The van der Waals surface area contributed by atoms with E-state index in [0.717, 1.165) is 55.4 Å². The SMILES string of the molecule is O=C(Cc1cc2cc(Cl)ccc2[nH]1)NCC1CCCN(C(=O)C2CC2)C1. The Hall–Kier alpha value is -2.01. The van der Waals surface area contributed by atoms with Crippen LogP contribution in [0.1, 0.15) is 31.4 Å². The number of hydrogen-bond acceptors (Lipinski definition) is 2. The first-order chi connectivity index (χ1) is 12.6. The van der Waals surface area contributed by atoms with Gasteiger partial charge >= 0.3 is 0 Å². The summed E-state index contributed by atoms with van der Waals surface area (Å²) in [4.78, 5) is 29.8. The Morgan fingerprint density at radius 3 is 2.88 bits per heavy atom. The van der Waals surface area contributed by atoms with Crippen LogP contribution in [0, 0.1) is 11.8 Å². The third-order valence-electron chi connectivity index (χ3n) is 5.33. The summed E-state index contributed by atoms with van der Waals surface area (Å²) in [5.41, 5.74) is 1.87. The number of aromatic amines is 1. The van der Waals surface area contributed by atoms with Crippen LogP contribution in [0.2, 0.25) is 5.02 Å². The zero-order valence-electron chi connectivity index (χ0n) is 14.8. The van der Waals surface area contributed by atoms with E-state index in [1.165, 1.54) is 0 Å². The fourth-order valence-electron chi connectivity index (χ4n) is 3.77. The molecule has 1 unspecified atom stereocenters. The van der Waals surface area contributed by atoms with E-state index in [9.17, 15) is 9.59 Å². The molecule has 6 heteroatoms. The van der Waals surface area contributed by atoms with Crippen molar-refractivity contribution in [3.05, 3.63) is 35.0 Å². The van der Waals surface area contributed by atoms with Crippen LogP contribution in [-0.4, -0.2) is 41.3 Å². The summed E-state index contributed by atoms with van der Waals surface area (Å²) < 4.78 is 0. The Bertz CT molecular complexity index is 828. The summed E-state index contributed by atoms with van der Waals surface area (Å²) >= 11 is 6.01. The first-order valence-electron chi connectivity index (χ1n) is 9.41. The van der Waals surface area contributed by atoms with Crippen LogP contribution in [0.3, 0.4) is 0 Å². The maximum absolute atomic E-state index is 12.3. The second-order valence-electron chi connectivity index (χ2n) is 7.57. The van der Waals surface area contributed by atoms with Gasteiger partial charge in [-0.05, 0) is 55.9 Å². The number of nitrogens with zero attached hydrogens (tertiary/aromatic N) is 1. The fraction of sp³-hybridized carbons (Fsp3) is 0.500. The number of rotatable bonds is 5. The molecule has 4 rings (SSSR count). The number of nitrogens with one attached hydrogen (secondary N) is 2. The summed E-state index contributed by atoms with van der Waals surface area (Å²) in [6.45, 7) is 2.29. The molecule has 2 heterocycles. The smallest absolute Gasteiger partial charge is 0.225 e. The van der Waals surface area contributed by atoms with Gasteiger partial charge < -0.3 is 15.2 Å². The van der Waals surface area contributed by atoms with Crippen LogP contribution in [0.4, 0.5) is 0 Å². The molecule has 1 aromatic carbocycles. The molecule has 26 heavy (non-hydrogen) atoms. The van der Waals surface area contributed by atoms with Gasteiger partial charge in [0.25, 0.3) is 0 Å². The van der Waals surface area contributed by atoms with Gasteiger partial charge in [-0.15, -0.1) is 0 Å². The van der Waals surface area contributed by atoms with E-state index >= 15 is 0 Å². The van der Waals surface area contributed by atoms with E-state index in [0.29, 0.717) is 29.8 Å². The average molecular weight is 374 g/mol. The number of halogens is 1. The molecule has 0 radical (unpaired) electrons. The monoisotopic (exact) mass is 373 g/mol. The Morgan fingerprint density at radius 2 is 2.08 bits per heavy atom. The highest BCUT2D eigenvalue weighted by Crippen LogP contribution is 2.32. The minimum Gasteiger partial charge on any atom is -0.358 e. The molecule has 5 nitrogen and oxygen atoms in total. The number of benzene rings is 1. The van der Waals surface area contributed by atoms with Crippen LogP contribution in [0.25, 0.3) is 10.9 Å². The lowest BCUT2D eigenvalue weighted by Crippen LogP contribution is -2.44. The summed E-state index contributed by atoms with van der Waals surface area (Å²) in [7, 11) is 0. The van der Waals surface area contributed by atoms with E-state index in [2.05, 4.69) is 10.3 Å². The summed E-state index contributed by atoms with van der Waals surface area (Å²) in [6, 6.07) is 7.62.